The van der Waals surface area contributed by atoms with Crippen LogP contribution in [0.3, 0.4) is 0 Å². The summed E-state index contributed by atoms with van der Waals surface area (Å²) in [5.41, 5.74) is -0.350. The Labute approximate surface area is 113 Å². The predicted octanol–water partition coefficient (Wildman–Crippen LogP) is 1.48. The molecule has 0 radical (unpaired) electrons. The molecule has 0 spiro atoms. The molecule has 1 aliphatic rings. The van der Waals surface area contributed by atoms with Crippen molar-refractivity contribution in [3.63, 3.8) is 0 Å². The molecule has 0 aromatic carbocycles. The highest BCUT2D eigenvalue weighted by Gasteiger charge is 2.29. The number of nitrogens with one attached hydrogen (secondary N) is 1. The Bertz CT molecular complexity index is 534. The summed E-state index contributed by atoms with van der Waals surface area (Å²) in [6.07, 6.45) is 3.29. The highest BCUT2D eigenvalue weighted by Crippen LogP contribution is 2.31. The molecule has 1 aromatic rings. The van der Waals surface area contributed by atoms with Crippen LogP contribution in [0.4, 0.5) is 5.82 Å². The van der Waals surface area contributed by atoms with E-state index in [1.165, 1.54) is 13.1 Å². The summed E-state index contributed by atoms with van der Waals surface area (Å²) < 4.78 is 1.10. The molecule has 1 unspecified atom stereocenters. The van der Waals surface area contributed by atoms with E-state index >= 15 is 0 Å². The van der Waals surface area contributed by atoms with Crippen LogP contribution in [-0.4, -0.2) is 22.1 Å². The SMILES string of the molecule is Cn1c(=O)cc(N2CCCC2CC(C)(C)C)[nH]c1=O. The zero-order valence-electron chi connectivity index (χ0n) is 12.2. The minimum atomic E-state index is -0.344. The zero-order valence-corrected chi connectivity index (χ0v) is 12.2. The van der Waals surface area contributed by atoms with Crippen LogP contribution in [-0.2, 0) is 7.05 Å². The Morgan fingerprint density at radius 3 is 2.63 bits per heavy atom. The first-order chi connectivity index (χ1) is 8.78. The summed E-state index contributed by atoms with van der Waals surface area (Å²) in [6.45, 7) is 7.56. The molecular weight excluding hydrogens is 242 g/mol. The number of hydrogen-bond donors (Lipinski definition) is 1. The summed E-state index contributed by atoms with van der Waals surface area (Å²) in [4.78, 5) is 28.4. The van der Waals surface area contributed by atoms with Crippen LogP contribution in [0, 0.1) is 5.41 Å². The number of aromatic nitrogens is 2. The van der Waals surface area contributed by atoms with E-state index in [0.717, 1.165) is 30.4 Å². The van der Waals surface area contributed by atoms with Crippen LogP contribution >= 0.6 is 0 Å². The Kier molecular flexibility index (Phi) is 3.56. The number of hydrogen-bond acceptors (Lipinski definition) is 3. The molecule has 1 aliphatic heterocycles. The lowest BCUT2D eigenvalue weighted by Gasteiger charge is -2.31. The van der Waals surface area contributed by atoms with Crippen molar-refractivity contribution in [2.24, 2.45) is 12.5 Å². The van der Waals surface area contributed by atoms with E-state index < -0.39 is 0 Å². The van der Waals surface area contributed by atoms with Gasteiger partial charge in [-0.3, -0.25) is 14.3 Å². The third-order valence-corrected chi connectivity index (χ3v) is 3.66. The second kappa shape index (κ2) is 4.87. The minimum absolute atomic E-state index is 0.243. The van der Waals surface area contributed by atoms with Crippen LogP contribution in [0.1, 0.15) is 40.0 Å². The maximum Gasteiger partial charge on any atom is 0.329 e. The Hall–Kier alpha value is -1.52. The molecule has 1 N–H and O–H groups in total. The highest BCUT2D eigenvalue weighted by atomic mass is 16.2. The van der Waals surface area contributed by atoms with E-state index in [2.05, 4.69) is 30.7 Å². The van der Waals surface area contributed by atoms with Gasteiger partial charge in [-0.2, -0.15) is 0 Å². The second-order valence-electron chi connectivity index (χ2n) is 6.61. The van der Waals surface area contributed by atoms with Gasteiger partial charge < -0.3 is 4.90 Å². The molecule has 2 heterocycles. The van der Waals surface area contributed by atoms with Gasteiger partial charge >= 0.3 is 5.69 Å². The number of anilines is 1. The average molecular weight is 265 g/mol. The normalized spacial score (nSPS) is 20.0. The predicted molar refractivity (Wildman–Crippen MR) is 76.7 cm³/mol. The Morgan fingerprint density at radius 1 is 1.37 bits per heavy atom. The minimum Gasteiger partial charge on any atom is -0.355 e. The third kappa shape index (κ3) is 3.08. The fourth-order valence-electron chi connectivity index (χ4n) is 2.77. The first-order valence-electron chi connectivity index (χ1n) is 6.85. The van der Waals surface area contributed by atoms with Gasteiger partial charge in [0, 0.05) is 25.7 Å². The number of H-pyrrole nitrogens is 1. The van der Waals surface area contributed by atoms with Crippen molar-refractivity contribution in [3.8, 4) is 0 Å². The molecule has 2 rings (SSSR count). The number of rotatable bonds is 2. The van der Waals surface area contributed by atoms with Crippen LogP contribution in [0.15, 0.2) is 15.7 Å². The summed E-state index contributed by atoms with van der Waals surface area (Å²) >= 11 is 0. The van der Waals surface area contributed by atoms with Crippen molar-refractivity contribution in [2.45, 2.75) is 46.1 Å². The van der Waals surface area contributed by atoms with Crippen molar-refractivity contribution in [3.05, 3.63) is 26.9 Å². The smallest absolute Gasteiger partial charge is 0.329 e. The largest absolute Gasteiger partial charge is 0.355 e. The van der Waals surface area contributed by atoms with Crippen molar-refractivity contribution in [1.82, 2.24) is 9.55 Å². The lowest BCUT2D eigenvalue weighted by molar-refractivity contribution is 0.338. The topological polar surface area (TPSA) is 58.1 Å². The first-order valence-corrected chi connectivity index (χ1v) is 6.85. The van der Waals surface area contributed by atoms with Crippen molar-refractivity contribution in [1.29, 1.82) is 0 Å². The van der Waals surface area contributed by atoms with Crippen molar-refractivity contribution < 1.29 is 0 Å². The third-order valence-electron chi connectivity index (χ3n) is 3.66. The van der Waals surface area contributed by atoms with Gasteiger partial charge in [0.05, 0.1) is 0 Å². The maximum absolute atomic E-state index is 11.7. The van der Waals surface area contributed by atoms with Gasteiger partial charge in [0.15, 0.2) is 0 Å². The molecule has 0 saturated carbocycles. The Morgan fingerprint density at radius 2 is 2.05 bits per heavy atom. The summed E-state index contributed by atoms with van der Waals surface area (Å²) in [7, 11) is 1.49. The van der Waals surface area contributed by atoms with Gasteiger partial charge in [-0.05, 0) is 24.7 Å². The standard InChI is InChI=1S/C14H23N3O2/c1-14(2,3)9-10-6-5-7-17(10)11-8-12(18)16(4)13(19)15-11/h8,10H,5-7,9H2,1-4H3,(H,15,19). The average Bonchev–Trinajstić information content (AvgIpc) is 2.70. The van der Waals surface area contributed by atoms with Gasteiger partial charge in [0.25, 0.3) is 5.56 Å². The monoisotopic (exact) mass is 265 g/mol. The van der Waals surface area contributed by atoms with Crippen LogP contribution in [0.5, 0.6) is 0 Å². The van der Waals surface area contributed by atoms with E-state index in [9.17, 15) is 9.59 Å². The Balaban J connectivity index is 2.30. The maximum atomic E-state index is 11.7. The summed E-state index contributed by atoms with van der Waals surface area (Å²) in [6, 6.07) is 1.94. The molecule has 19 heavy (non-hydrogen) atoms. The summed E-state index contributed by atoms with van der Waals surface area (Å²) in [5.74, 6) is 0.667. The molecule has 0 bridgehead atoms. The van der Waals surface area contributed by atoms with Gasteiger partial charge in [-0.15, -0.1) is 0 Å². The number of aromatic amines is 1. The number of nitrogens with zero attached hydrogens (tertiary/aromatic N) is 2. The van der Waals surface area contributed by atoms with Crippen LogP contribution < -0.4 is 16.1 Å². The fraction of sp³-hybridized carbons (Fsp3) is 0.714. The molecule has 1 aromatic heterocycles. The van der Waals surface area contributed by atoms with Gasteiger partial charge in [0.1, 0.15) is 5.82 Å². The molecular formula is C14H23N3O2. The van der Waals surface area contributed by atoms with Crippen molar-refractivity contribution in [2.75, 3.05) is 11.4 Å². The van der Waals surface area contributed by atoms with Crippen molar-refractivity contribution >= 4 is 5.82 Å². The molecule has 1 saturated heterocycles. The zero-order chi connectivity index (χ0) is 14.2. The lowest BCUT2D eigenvalue weighted by Crippen LogP contribution is -2.38. The van der Waals surface area contributed by atoms with E-state index in [4.69, 9.17) is 0 Å². The van der Waals surface area contributed by atoms with Crippen LogP contribution in [0.25, 0.3) is 0 Å². The molecule has 0 amide bonds. The molecule has 5 nitrogen and oxygen atoms in total. The first kappa shape index (κ1) is 13.9. The van der Waals surface area contributed by atoms with E-state index in [1.54, 1.807) is 0 Å². The molecule has 1 atom stereocenters. The summed E-state index contributed by atoms with van der Waals surface area (Å²) in [5, 5.41) is 0. The van der Waals surface area contributed by atoms with Crippen LogP contribution in [0.2, 0.25) is 0 Å². The van der Waals surface area contributed by atoms with E-state index in [0.29, 0.717) is 11.9 Å². The molecule has 1 fully saturated rings. The van der Waals surface area contributed by atoms with E-state index in [-0.39, 0.29) is 16.7 Å². The highest BCUT2D eigenvalue weighted by molar-refractivity contribution is 5.39. The van der Waals surface area contributed by atoms with E-state index in [1.807, 2.05) is 0 Å². The lowest BCUT2D eigenvalue weighted by atomic mass is 9.87. The molecule has 0 aliphatic carbocycles. The molecule has 5 heteroatoms. The van der Waals surface area contributed by atoms with Gasteiger partial charge in [-0.1, -0.05) is 20.8 Å². The van der Waals surface area contributed by atoms with Gasteiger partial charge in [-0.25, -0.2) is 4.79 Å². The fourth-order valence-corrected chi connectivity index (χ4v) is 2.77. The molecule has 106 valence electrons. The quantitative estimate of drug-likeness (QED) is 0.881. The second-order valence-corrected chi connectivity index (χ2v) is 6.61. The van der Waals surface area contributed by atoms with Gasteiger partial charge in [0.2, 0.25) is 0 Å².